The van der Waals surface area contributed by atoms with Gasteiger partial charge in [0.1, 0.15) is 5.69 Å². The number of aromatic nitrogens is 4. The molecule has 0 amide bonds. The molecule has 1 unspecified atom stereocenters. The van der Waals surface area contributed by atoms with Crippen molar-refractivity contribution < 1.29 is 4.21 Å². The zero-order valence-electron chi connectivity index (χ0n) is 10.1. The molecule has 3 aromatic rings. The van der Waals surface area contributed by atoms with Gasteiger partial charge in [-0.3, -0.25) is 9.19 Å². The van der Waals surface area contributed by atoms with E-state index in [0.717, 1.165) is 16.5 Å². The smallest absolute Gasteiger partial charge is 0.239 e. The molecule has 0 aliphatic carbocycles. The summed E-state index contributed by atoms with van der Waals surface area (Å²) in [5, 5.41) is 9.14. The number of nitrogens with zero attached hydrogens (tertiary/aromatic N) is 4. The number of hydrogen-bond acceptors (Lipinski definition) is 5. The standard InChI is InChI=1S/C13H10N4OS/c1-19(18)13-15-8-12(16-17-13)10-6-9-4-2-3-5-11(9)14-7-10/h2-8H,1H3. The molecule has 3 rings (SSSR count). The van der Waals surface area contributed by atoms with Crippen LogP contribution in [0.15, 0.2) is 47.9 Å². The van der Waals surface area contributed by atoms with E-state index in [0.29, 0.717) is 5.69 Å². The van der Waals surface area contributed by atoms with Crippen LogP contribution in [0.4, 0.5) is 0 Å². The van der Waals surface area contributed by atoms with Crippen LogP contribution in [0.5, 0.6) is 0 Å². The minimum absolute atomic E-state index is 0.234. The fourth-order valence-corrected chi connectivity index (χ4v) is 2.10. The molecule has 0 aliphatic rings. The van der Waals surface area contributed by atoms with Crippen molar-refractivity contribution in [1.29, 1.82) is 0 Å². The second-order valence-corrected chi connectivity index (χ2v) is 5.27. The summed E-state index contributed by atoms with van der Waals surface area (Å²) in [7, 11) is -1.22. The van der Waals surface area contributed by atoms with Crippen LogP contribution in [0.3, 0.4) is 0 Å². The number of rotatable bonds is 2. The lowest BCUT2D eigenvalue weighted by molar-refractivity contribution is 0.675. The third-order valence-corrected chi connectivity index (χ3v) is 3.39. The first-order valence-corrected chi connectivity index (χ1v) is 7.18. The van der Waals surface area contributed by atoms with Crippen molar-refractivity contribution in [3.8, 4) is 11.3 Å². The van der Waals surface area contributed by atoms with Gasteiger partial charge in [0.15, 0.2) is 0 Å². The number of benzene rings is 1. The van der Waals surface area contributed by atoms with E-state index in [4.69, 9.17) is 0 Å². The molecule has 94 valence electrons. The second-order valence-electron chi connectivity index (χ2n) is 4.00. The molecule has 19 heavy (non-hydrogen) atoms. The lowest BCUT2D eigenvalue weighted by atomic mass is 10.1. The van der Waals surface area contributed by atoms with Crippen molar-refractivity contribution >= 4 is 21.7 Å². The first-order valence-electron chi connectivity index (χ1n) is 5.62. The van der Waals surface area contributed by atoms with Crippen LogP contribution in [-0.4, -0.2) is 30.6 Å². The maximum atomic E-state index is 11.2. The molecule has 0 saturated heterocycles. The average Bonchev–Trinajstić information content (AvgIpc) is 2.47. The maximum absolute atomic E-state index is 11.2. The largest absolute Gasteiger partial charge is 0.256 e. The van der Waals surface area contributed by atoms with Gasteiger partial charge in [0, 0.05) is 23.4 Å². The lowest BCUT2D eigenvalue weighted by Gasteiger charge is -2.02. The molecule has 0 fully saturated rings. The van der Waals surface area contributed by atoms with E-state index in [1.165, 1.54) is 6.26 Å². The Bertz CT molecular complexity index is 758. The van der Waals surface area contributed by atoms with E-state index in [-0.39, 0.29) is 5.16 Å². The molecule has 1 aromatic carbocycles. The molecule has 0 N–H and O–H groups in total. The molecular formula is C13H10N4OS. The number of pyridine rings is 1. The fourth-order valence-electron chi connectivity index (χ4n) is 1.74. The van der Waals surface area contributed by atoms with Gasteiger partial charge in [-0.15, -0.1) is 10.2 Å². The van der Waals surface area contributed by atoms with Gasteiger partial charge in [-0.1, -0.05) is 18.2 Å². The predicted molar refractivity (Wildman–Crippen MR) is 72.9 cm³/mol. The van der Waals surface area contributed by atoms with Crippen molar-refractivity contribution in [2.24, 2.45) is 0 Å². The highest BCUT2D eigenvalue weighted by Gasteiger charge is 2.06. The van der Waals surface area contributed by atoms with Crippen molar-refractivity contribution in [2.75, 3.05) is 6.26 Å². The summed E-state index contributed by atoms with van der Waals surface area (Å²) in [6, 6.07) is 9.83. The molecule has 0 aliphatic heterocycles. The summed E-state index contributed by atoms with van der Waals surface area (Å²) in [4.78, 5) is 8.39. The maximum Gasteiger partial charge on any atom is 0.239 e. The Kier molecular flexibility index (Phi) is 3.00. The van der Waals surface area contributed by atoms with Crippen LogP contribution in [0.2, 0.25) is 0 Å². The fraction of sp³-hybridized carbons (Fsp3) is 0.0769. The number of fused-ring (bicyclic) bond motifs is 1. The van der Waals surface area contributed by atoms with Gasteiger partial charge in [0.25, 0.3) is 0 Å². The molecule has 2 aromatic heterocycles. The van der Waals surface area contributed by atoms with Crippen LogP contribution in [0.25, 0.3) is 22.2 Å². The Labute approximate surface area is 112 Å². The van der Waals surface area contributed by atoms with E-state index >= 15 is 0 Å². The Hall–Kier alpha value is -2.21. The molecule has 2 heterocycles. The Morgan fingerprint density at radius 3 is 2.63 bits per heavy atom. The van der Waals surface area contributed by atoms with Crippen LogP contribution in [-0.2, 0) is 10.8 Å². The zero-order chi connectivity index (χ0) is 13.2. The third-order valence-electron chi connectivity index (χ3n) is 2.68. The minimum atomic E-state index is -1.22. The van der Waals surface area contributed by atoms with Gasteiger partial charge in [-0.2, -0.15) is 0 Å². The molecule has 0 spiro atoms. The lowest BCUT2D eigenvalue weighted by Crippen LogP contribution is -2.00. The van der Waals surface area contributed by atoms with Crippen LogP contribution in [0.1, 0.15) is 0 Å². The number of hydrogen-bond donors (Lipinski definition) is 0. The van der Waals surface area contributed by atoms with Gasteiger partial charge in [0.2, 0.25) is 5.16 Å². The van der Waals surface area contributed by atoms with Gasteiger partial charge in [-0.05, 0) is 12.1 Å². The topological polar surface area (TPSA) is 68.6 Å². The van der Waals surface area contributed by atoms with Crippen molar-refractivity contribution in [3.05, 3.63) is 42.7 Å². The van der Waals surface area contributed by atoms with E-state index in [9.17, 15) is 4.21 Å². The first-order chi connectivity index (χ1) is 9.24. The molecule has 0 radical (unpaired) electrons. The van der Waals surface area contributed by atoms with E-state index in [1.54, 1.807) is 12.4 Å². The van der Waals surface area contributed by atoms with Gasteiger partial charge in [0.05, 0.1) is 22.5 Å². The summed E-state index contributed by atoms with van der Waals surface area (Å²) in [6.07, 6.45) is 4.82. The molecule has 5 nitrogen and oxygen atoms in total. The van der Waals surface area contributed by atoms with Crippen molar-refractivity contribution in [3.63, 3.8) is 0 Å². The van der Waals surface area contributed by atoms with Crippen LogP contribution >= 0.6 is 0 Å². The minimum Gasteiger partial charge on any atom is -0.256 e. The summed E-state index contributed by atoms with van der Waals surface area (Å²) < 4.78 is 11.2. The predicted octanol–water partition coefficient (Wildman–Crippen LogP) is 1.82. The quantitative estimate of drug-likeness (QED) is 0.710. The van der Waals surface area contributed by atoms with Crippen LogP contribution < -0.4 is 0 Å². The molecule has 0 saturated carbocycles. The SMILES string of the molecule is CS(=O)c1ncc(-c2cnc3ccccc3c2)nn1. The zero-order valence-corrected chi connectivity index (χ0v) is 11.0. The van der Waals surface area contributed by atoms with E-state index in [2.05, 4.69) is 20.2 Å². The second kappa shape index (κ2) is 4.81. The Morgan fingerprint density at radius 2 is 1.89 bits per heavy atom. The average molecular weight is 270 g/mol. The van der Waals surface area contributed by atoms with Crippen molar-refractivity contribution in [2.45, 2.75) is 5.16 Å². The first kappa shape index (κ1) is 11.9. The van der Waals surface area contributed by atoms with E-state index < -0.39 is 10.8 Å². The molecular weight excluding hydrogens is 260 g/mol. The Balaban J connectivity index is 2.06. The van der Waals surface area contributed by atoms with Gasteiger partial charge >= 0.3 is 0 Å². The highest BCUT2D eigenvalue weighted by molar-refractivity contribution is 7.84. The molecule has 0 bridgehead atoms. The van der Waals surface area contributed by atoms with Crippen LogP contribution in [0, 0.1) is 0 Å². The third kappa shape index (κ3) is 2.34. The summed E-state index contributed by atoms with van der Waals surface area (Å²) in [6.45, 7) is 0. The highest BCUT2D eigenvalue weighted by Crippen LogP contribution is 2.19. The monoisotopic (exact) mass is 270 g/mol. The molecule has 6 heteroatoms. The van der Waals surface area contributed by atoms with Crippen molar-refractivity contribution in [1.82, 2.24) is 20.2 Å². The van der Waals surface area contributed by atoms with Gasteiger partial charge < -0.3 is 0 Å². The van der Waals surface area contributed by atoms with E-state index in [1.807, 2.05) is 30.3 Å². The molecule has 1 atom stereocenters. The summed E-state index contributed by atoms with van der Waals surface area (Å²) >= 11 is 0. The van der Waals surface area contributed by atoms with Gasteiger partial charge in [-0.25, -0.2) is 4.98 Å². The summed E-state index contributed by atoms with van der Waals surface area (Å²) in [5.41, 5.74) is 2.39. The summed E-state index contributed by atoms with van der Waals surface area (Å²) in [5.74, 6) is 0. The number of para-hydroxylation sites is 1. The Morgan fingerprint density at radius 1 is 1.05 bits per heavy atom. The highest BCUT2D eigenvalue weighted by atomic mass is 32.2. The normalized spacial score (nSPS) is 12.5.